The van der Waals surface area contributed by atoms with Crippen molar-refractivity contribution in [3.8, 4) is 11.5 Å². The fourth-order valence-corrected chi connectivity index (χ4v) is 2.73. The minimum atomic E-state index is 0. The number of hydrogen-bond acceptors (Lipinski definition) is 4. The molecule has 0 amide bonds. The summed E-state index contributed by atoms with van der Waals surface area (Å²) in [6, 6.07) is 13.7. The van der Waals surface area contributed by atoms with E-state index < -0.39 is 0 Å². The van der Waals surface area contributed by atoms with Crippen LogP contribution in [0.4, 0.5) is 0 Å². The van der Waals surface area contributed by atoms with Crippen LogP contribution in [0, 0.1) is 0 Å². The van der Waals surface area contributed by atoms with Crippen molar-refractivity contribution in [3.63, 3.8) is 0 Å². The van der Waals surface area contributed by atoms with Crippen molar-refractivity contribution in [1.29, 1.82) is 0 Å². The van der Waals surface area contributed by atoms with Gasteiger partial charge in [-0.05, 0) is 56.7 Å². The molecule has 0 aliphatic carbocycles. The molecule has 4 nitrogen and oxygen atoms in total. The second kappa shape index (κ2) is 15.7. The Kier molecular flexibility index (Phi) is 15.1. The van der Waals surface area contributed by atoms with Crippen LogP contribution in [-0.2, 0) is 13.2 Å². The molecule has 2 aromatic carbocycles. The quantitative estimate of drug-likeness (QED) is 0.434. The molecular weight excluding hydrogens is 419 g/mol. The summed E-state index contributed by atoms with van der Waals surface area (Å²) < 4.78 is 11.9. The van der Waals surface area contributed by atoms with Crippen LogP contribution in [0.25, 0.3) is 0 Å². The number of benzene rings is 2. The van der Waals surface area contributed by atoms with Crippen molar-refractivity contribution in [2.75, 3.05) is 26.2 Å². The van der Waals surface area contributed by atoms with Gasteiger partial charge in [0.05, 0.1) is 6.61 Å². The van der Waals surface area contributed by atoms with Crippen LogP contribution in [0.2, 0.25) is 5.02 Å². The van der Waals surface area contributed by atoms with E-state index in [-0.39, 0.29) is 24.8 Å². The predicted octanol–water partition coefficient (Wildman–Crippen LogP) is 5.25. The van der Waals surface area contributed by atoms with Gasteiger partial charge in [0.25, 0.3) is 0 Å². The average Bonchev–Trinajstić information content (AvgIpc) is 2.65. The fourth-order valence-electron chi connectivity index (χ4n) is 2.61. The van der Waals surface area contributed by atoms with Crippen molar-refractivity contribution < 1.29 is 9.47 Å². The third-order valence-electron chi connectivity index (χ3n) is 3.93. The van der Waals surface area contributed by atoms with Gasteiger partial charge in [-0.1, -0.05) is 42.8 Å². The summed E-state index contributed by atoms with van der Waals surface area (Å²) in [4.78, 5) is 0. The van der Waals surface area contributed by atoms with Crippen molar-refractivity contribution >= 4 is 36.4 Å². The van der Waals surface area contributed by atoms with Crippen LogP contribution in [0.3, 0.4) is 0 Å². The normalized spacial score (nSPS) is 9.96. The number of ether oxygens (including phenoxy) is 2. The number of halogens is 3. The maximum Gasteiger partial charge on any atom is 0.166 e. The molecule has 0 aromatic heterocycles. The molecule has 0 aliphatic rings. The second-order valence-corrected chi connectivity index (χ2v) is 6.41. The second-order valence-electron chi connectivity index (χ2n) is 5.98. The summed E-state index contributed by atoms with van der Waals surface area (Å²) >= 11 is 5.95. The van der Waals surface area contributed by atoms with Crippen molar-refractivity contribution in [2.45, 2.75) is 33.4 Å². The van der Waals surface area contributed by atoms with E-state index >= 15 is 0 Å². The highest BCUT2D eigenvalue weighted by atomic mass is 35.5. The van der Waals surface area contributed by atoms with E-state index in [1.54, 1.807) is 0 Å². The largest absolute Gasteiger partial charge is 0.490 e. The molecule has 7 heteroatoms. The monoisotopic (exact) mass is 448 g/mol. The van der Waals surface area contributed by atoms with E-state index in [4.69, 9.17) is 21.1 Å². The molecule has 0 unspecified atom stereocenters. The molecule has 0 radical (unpaired) electrons. The first-order chi connectivity index (χ1) is 12.7. The van der Waals surface area contributed by atoms with Gasteiger partial charge in [0.1, 0.15) is 6.61 Å². The molecule has 0 spiro atoms. The van der Waals surface area contributed by atoms with Gasteiger partial charge < -0.3 is 20.1 Å². The Balaban J connectivity index is 0.00000364. The lowest BCUT2D eigenvalue weighted by Gasteiger charge is -2.16. The summed E-state index contributed by atoms with van der Waals surface area (Å²) in [5, 5.41) is 7.54. The van der Waals surface area contributed by atoms with Crippen molar-refractivity contribution in [3.05, 3.63) is 58.6 Å². The van der Waals surface area contributed by atoms with Crippen molar-refractivity contribution in [2.24, 2.45) is 0 Å². The lowest BCUT2D eigenvalue weighted by molar-refractivity contribution is 0.266. The molecule has 0 fully saturated rings. The lowest BCUT2D eigenvalue weighted by atomic mass is 10.1. The summed E-state index contributed by atoms with van der Waals surface area (Å²) in [7, 11) is 0. The van der Waals surface area contributed by atoms with E-state index in [1.807, 2.05) is 43.3 Å². The molecule has 0 heterocycles. The van der Waals surface area contributed by atoms with Crippen LogP contribution in [0.1, 0.15) is 31.4 Å². The maximum absolute atomic E-state index is 6.12. The smallest absolute Gasteiger partial charge is 0.166 e. The van der Waals surface area contributed by atoms with Gasteiger partial charge in [-0.3, -0.25) is 0 Å². The summed E-state index contributed by atoms with van der Waals surface area (Å²) in [6.45, 7) is 8.95. The molecule has 0 saturated carbocycles. The molecule has 2 aromatic rings. The van der Waals surface area contributed by atoms with Gasteiger partial charge in [0.2, 0.25) is 0 Å². The Morgan fingerprint density at radius 2 is 1.61 bits per heavy atom. The average molecular weight is 450 g/mol. The number of para-hydroxylation sites is 1. The van der Waals surface area contributed by atoms with E-state index in [1.165, 1.54) is 0 Å². The molecule has 0 aliphatic heterocycles. The topological polar surface area (TPSA) is 42.5 Å². The molecule has 0 atom stereocenters. The van der Waals surface area contributed by atoms with E-state index in [2.05, 4.69) is 23.6 Å². The summed E-state index contributed by atoms with van der Waals surface area (Å²) in [6.07, 6.45) is 1.10. The van der Waals surface area contributed by atoms with Crippen LogP contribution in [0.5, 0.6) is 11.5 Å². The number of hydrogen-bond donors (Lipinski definition) is 2. The fraction of sp³-hybridized carbons (Fsp3) is 0.429. The van der Waals surface area contributed by atoms with Gasteiger partial charge in [0.15, 0.2) is 11.5 Å². The summed E-state index contributed by atoms with van der Waals surface area (Å²) in [5.41, 5.74) is 2.18. The standard InChI is InChI=1S/C21H29ClN2O2.2ClH/c1-3-23-13-6-14-24-15-18-7-5-8-20(25-4-2)21(18)26-16-17-9-11-19(22)12-10-17;;/h5,7-12,23-24H,3-4,6,13-16H2,1-2H3;2*1H. The first-order valence-electron chi connectivity index (χ1n) is 9.28. The molecule has 2 N–H and O–H groups in total. The van der Waals surface area contributed by atoms with Crippen LogP contribution >= 0.6 is 36.4 Å². The van der Waals surface area contributed by atoms with Crippen LogP contribution < -0.4 is 20.1 Å². The SMILES string of the molecule is CCNCCCNCc1cccc(OCC)c1OCc1ccc(Cl)cc1.Cl.Cl. The molecule has 2 rings (SSSR count). The first kappa shape index (κ1) is 26.8. The van der Waals surface area contributed by atoms with E-state index in [9.17, 15) is 0 Å². The minimum absolute atomic E-state index is 0. The van der Waals surface area contributed by atoms with Gasteiger partial charge in [0, 0.05) is 17.1 Å². The minimum Gasteiger partial charge on any atom is -0.490 e. The molecule has 0 saturated heterocycles. The van der Waals surface area contributed by atoms with Crippen LogP contribution in [0.15, 0.2) is 42.5 Å². The Hall–Kier alpha value is -1.17. The highest BCUT2D eigenvalue weighted by molar-refractivity contribution is 6.30. The number of nitrogens with one attached hydrogen (secondary N) is 2. The van der Waals surface area contributed by atoms with Gasteiger partial charge in [-0.15, -0.1) is 24.8 Å². The predicted molar refractivity (Wildman–Crippen MR) is 123 cm³/mol. The highest BCUT2D eigenvalue weighted by Crippen LogP contribution is 2.32. The molecular formula is C21H31Cl3N2O2. The van der Waals surface area contributed by atoms with Crippen molar-refractivity contribution in [1.82, 2.24) is 10.6 Å². The Labute approximate surface area is 186 Å². The number of rotatable bonds is 12. The van der Waals surface area contributed by atoms with Crippen LogP contribution in [-0.4, -0.2) is 26.2 Å². The molecule has 158 valence electrons. The lowest BCUT2D eigenvalue weighted by Crippen LogP contribution is -2.21. The first-order valence-corrected chi connectivity index (χ1v) is 9.65. The zero-order valence-electron chi connectivity index (χ0n) is 16.5. The molecule has 28 heavy (non-hydrogen) atoms. The zero-order valence-corrected chi connectivity index (χ0v) is 18.9. The Bertz CT molecular complexity index is 655. The Morgan fingerprint density at radius 3 is 2.29 bits per heavy atom. The third-order valence-corrected chi connectivity index (χ3v) is 4.18. The van der Waals surface area contributed by atoms with Gasteiger partial charge >= 0.3 is 0 Å². The zero-order chi connectivity index (χ0) is 18.6. The summed E-state index contributed by atoms with van der Waals surface area (Å²) in [5.74, 6) is 1.59. The Morgan fingerprint density at radius 1 is 0.893 bits per heavy atom. The van der Waals surface area contributed by atoms with E-state index in [0.717, 1.165) is 60.2 Å². The van der Waals surface area contributed by atoms with Gasteiger partial charge in [-0.2, -0.15) is 0 Å². The van der Waals surface area contributed by atoms with Gasteiger partial charge in [-0.25, -0.2) is 0 Å². The van der Waals surface area contributed by atoms with E-state index in [0.29, 0.717) is 13.2 Å². The third kappa shape index (κ3) is 9.35. The highest BCUT2D eigenvalue weighted by Gasteiger charge is 2.11. The maximum atomic E-state index is 6.12. The molecule has 0 bridgehead atoms.